The van der Waals surface area contributed by atoms with Crippen LogP contribution in [0.3, 0.4) is 0 Å². The number of thioether (sulfide) groups is 1. The summed E-state index contributed by atoms with van der Waals surface area (Å²) in [6.45, 7) is 0.790. The molecule has 4 nitrogen and oxygen atoms in total. The molecule has 1 aromatic heterocycles. The molecule has 0 fully saturated rings. The van der Waals surface area contributed by atoms with Crippen molar-refractivity contribution in [2.24, 2.45) is 0 Å². The number of aromatic nitrogens is 3. The quantitative estimate of drug-likeness (QED) is 0.691. The predicted molar refractivity (Wildman–Crippen MR) is 93.8 cm³/mol. The molecule has 0 aliphatic heterocycles. The molecule has 6 heteroatoms. The first-order chi connectivity index (χ1) is 11.3. The number of rotatable bonds is 6. The maximum absolute atomic E-state index is 9.07. The number of hydrogen-bond acceptors (Lipinski definition) is 4. The molecule has 0 unspecified atom stereocenters. The predicted octanol–water partition coefficient (Wildman–Crippen LogP) is 3.73. The molecular weight excluding hydrogens is 330 g/mol. The highest BCUT2D eigenvalue weighted by molar-refractivity contribution is 7.99. The first-order valence-corrected chi connectivity index (χ1v) is 8.61. The van der Waals surface area contributed by atoms with Crippen molar-refractivity contribution in [1.29, 1.82) is 0 Å². The average molecular weight is 346 g/mol. The van der Waals surface area contributed by atoms with E-state index in [0.717, 1.165) is 16.5 Å². The molecule has 1 N–H and O–H groups in total. The van der Waals surface area contributed by atoms with Crippen molar-refractivity contribution in [3.8, 4) is 11.4 Å². The van der Waals surface area contributed by atoms with Gasteiger partial charge in [0.05, 0.1) is 13.2 Å². The van der Waals surface area contributed by atoms with Gasteiger partial charge in [0.2, 0.25) is 0 Å². The molecule has 0 saturated carbocycles. The van der Waals surface area contributed by atoms with Crippen LogP contribution >= 0.6 is 23.4 Å². The fourth-order valence-electron chi connectivity index (χ4n) is 2.25. The fourth-order valence-corrected chi connectivity index (χ4v) is 3.06. The Morgan fingerprint density at radius 1 is 1.00 bits per heavy atom. The number of halogens is 1. The van der Waals surface area contributed by atoms with Gasteiger partial charge in [-0.25, -0.2) is 0 Å². The minimum Gasteiger partial charge on any atom is -0.396 e. The van der Waals surface area contributed by atoms with Crippen molar-refractivity contribution in [3.63, 3.8) is 0 Å². The summed E-state index contributed by atoms with van der Waals surface area (Å²) in [7, 11) is 0. The summed E-state index contributed by atoms with van der Waals surface area (Å²) >= 11 is 7.47. The lowest BCUT2D eigenvalue weighted by Crippen LogP contribution is -2.04. The first kappa shape index (κ1) is 16.1. The van der Waals surface area contributed by atoms with Gasteiger partial charge in [0.1, 0.15) is 0 Å². The Balaban J connectivity index is 1.98. The largest absolute Gasteiger partial charge is 0.396 e. The van der Waals surface area contributed by atoms with Gasteiger partial charge in [0, 0.05) is 16.3 Å². The molecule has 3 rings (SSSR count). The van der Waals surface area contributed by atoms with E-state index in [1.165, 1.54) is 17.3 Å². The van der Waals surface area contributed by atoms with Crippen LogP contribution in [0.4, 0.5) is 0 Å². The van der Waals surface area contributed by atoms with Gasteiger partial charge in [-0.2, -0.15) is 0 Å². The van der Waals surface area contributed by atoms with Gasteiger partial charge in [-0.3, -0.25) is 4.57 Å². The molecule has 0 atom stereocenters. The number of benzene rings is 2. The van der Waals surface area contributed by atoms with E-state index < -0.39 is 0 Å². The van der Waals surface area contributed by atoms with Crippen LogP contribution in [0.15, 0.2) is 59.8 Å². The topological polar surface area (TPSA) is 50.9 Å². The van der Waals surface area contributed by atoms with Crippen LogP contribution in [0.25, 0.3) is 11.4 Å². The van der Waals surface area contributed by atoms with Crippen LogP contribution in [-0.2, 0) is 6.54 Å². The van der Waals surface area contributed by atoms with Gasteiger partial charge in [-0.05, 0) is 29.8 Å². The molecule has 0 aliphatic carbocycles. The van der Waals surface area contributed by atoms with E-state index in [-0.39, 0.29) is 6.61 Å². The molecule has 0 amide bonds. The fraction of sp³-hybridized carbons (Fsp3) is 0.176. The Morgan fingerprint density at radius 2 is 1.74 bits per heavy atom. The Labute approximate surface area is 144 Å². The second-order valence-corrected chi connectivity index (χ2v) is 6.46. The molecule has 0 saturated heterocycles. The molecule has 0 aliphatic rings. The van der Waals surface area contributed by atoms with Crippen LogP contribution in [0.1, 0.15) is 5.56 Å². The second kappa shape index (κ2) is 7.64. The summed E-state index contributed by atoms with van der Waals surface area (Å²) in [5, 5.41) is 19.2. The van der Waals surface area contributed by atoms with Crippen LogP contribution in [0.2, 0.25) is 5.02 Å². The average Bonchev–Trinajstić information content (AvgIpc) is 2.97. The molecule has 0 spiro atoms. The van der Waals surface area contributed by atoms with Crippen LogP contribution in [0, 0.1) is 0 Å². The highest BCUT2D eigenvalue weighted by Gasteiger charge is 2.14. The van der Waals surface area contributed by atoms with E-state index in [4.69, 9.17) is 16.7 Å². The zero-order chi connectivity index (χ0) is 16.1. The molecule has 0 radical (unpaired) electrons. The number of aliphatic hydroxyl groups excluding tert-OH is 1. The van der Waals surface area contributed by atoms with Crippen molar-refractivity contribution >= 4 is 23.4 Å². The number of nitrogens with zero attached hydrogens (tertiary/aromatic N) is 3. The van der Waals surface area contributed by atoms with Crippen LogP contribution in [-0.4, -0.2) is 32.2 Å². The summed E-state index contributed by atoms with van der Waals surface area (Å²) < 4.78 is 2.07. The summed E-state index contributed by atoms with van der Waals surface area (Å²) in [6, 6.07) is 17.8. The van der Waals surface area contributed by atoms with Crippen molar-refractivity contribution in [2.75, 3.05) is 12.4 Å². The summed E-state index contributed by atoms with van der Waals surface area (Å²) in [6.07, 6.45) is 0. The summed E-state index contributed by atoms with van der Waals surface area (Å²) in [4.78, 5) is 0. The maximum atomic E-state index is 9.07. The molecule has 3 aromatic rings. The Kier molecular flexibility index (Phi) is 5.33. The van der Waals surface area contributed by atoms with Crippen molar-refractivity contribution < 1.29 is 5.11 Å². The third-order valence-electron chi connectivity index (χ3n) is 3.33. The van der Waals surface area contributed by atoms with Crippen molar-refractivity contribution in [1.82, 2.24) is 14.8 Å². The van der Waals surface area contributed by atoms with Crippen LogP contribution in [0.5, 0.6) is 0 Å². The lowest BCUT2D eigenvalue weighted by atomic mass is 10.2. The third kappa shape index (κ3) is 3.93. The Bertz CT molecular complexity index is 759. The molecule has 2 aromatic carbocycles. The summed E-state index contributed by atoms with van der Waals surface area (Å²) in [5.41, 5.74) is 2.14. The lowest BCUT2D eigenvalue weighted by Gasteiger charge is -2.10. The molecule has 118 valence electrons. The SMILES string of the molecule is OCCSc1nnc(-c2ccc(Cl)cc2)n1Cc1ccccc1. The summed E-state index contributed by atoms with van der Waals surface area (Å²) in [5.74, 6) is 1.39. The van der Waals surface area contributed by atoms with Gasteiger partial charge in [0.15, 0.2) is 11.0 Å². The maximum Gasteiger partial charge on any atom is 0.191 e. The highest BCUT2D eigenvalue weighted by atomic mass is 35.5. The third-order valence-corrected chi connectivity index (χ3v) is 4.52. The Hall–Kier alpha value is -1.82. The normalized spacial score (nSPS) is 10.9. The smallest absolute Gasteiger partial charge is 0.191 e. The van der Waals surface area contributed by atoms with Crippen molar-refractivity contribution in [3.05, 3.63) is 65.2 Å². The van der Waals surface area contributed by atoms with E-state index in [9.17, 15) is 0 Å². The molecule has 23 heavy (non-hydrogen) atoms. The van der Waals surface area contributed by atoms with E-state index in [2.05, 4.69) is 26.9 Å². The van der Waals surface area contributed by atoms with Gasteiger partial charge in [-0.1, -0.05) is 53.7 Å². The zero-order valence-electron chi connectivity index (χ0n) is 12.4. The standard InChI is InChI=1S/C17H16ClN3OS/c18-15-8-6-14(7-9-15)16-19-20-17(23-11-10-22)21(16)12-13-4-2-1-3-5-13/h1-9,22H,10-12H2. The highest BCUT2D eigenvalue weighted by Crippen LogP contribution is 2.26. The van der Waals surface area contributed by atoms with E-state index in [1.807, 2.05) is 42.5 Å². The van der Waals surface area contributed by atoms with Gasteiger partial charge in [-0.15, -0.1) is 10.2 Å². The zero-order valence-corrected chi connectivity index (χ0v) is 14.0. The number of aliphatic hydroxyl groups is 1. The van der Waals surface area contributed by atoms with E-state index in [1.54, 1.807) is 0 Å². The lowest BCUT2D eigenvalue weighted by molar-refractivity contribution is 0.322. The first-order valence-electron chi connectivity index (χ1n) is 7.24. The van der Waals surface area contributed by atoms with Gasteiger partial charge in [0.25, 0.3) is 0 Å². The Morgan fingerprint density at radius 3 is 2.43 bits per heavy atom. The second-order valence-electron chi connectivity index (χ2n) is 4.96. The van der Waals surface area contributed by atoms with E-state index in [0.29, 0.717) is 17.3 Å². The van der Waals surface area contributed by atoms with E-state index >= 15 is 0 Å². The molecule has 0 bridgehead atoms. The molecular formula is C17H16ClN3OS. The minimum atomic E-state index is 0.110. The monoisotopic (exact) mass is 345 g/mol. The number of hydrogen-bond donors (Lipinski definition) is 1. The van der Waals surface area contributed by atoms with Gasteiger partial charge >= 0.3 is 0 Å². The van der Waals surface area contributed by atoms with Crippen LogP contribution < -0.4 is 0 Å². The molecule has 1 heterocycles. The van der Waals surface area contributed by atoms with Gasteiger partial charge < -0.3 is 5.11 Å². The minimum absolute atomic E-state index is 0.110. The van der Waals surface area contributed by atoms with Crippen molar-refractivity contribution in [2.45, 2.75) is 11.7 Å².